The first-order chi connectivity index (χ1) is 13.9. The number of aryl methyl sites for hydroxylation is 2. The summed E-state index contributed by atoms with van der Waals surface area (Å²) in [4.78, 5) is 32.7. The summed E-state index contributed by atoms with van der Waals surface area (Å²) in [6.07, 6.45) is 0.721. The number of para-hydroxylation sites is 1. The quantitative estimate of drug-likeness (QED) is 0.460. The van der Waals surface area contributed by atoms with Crippen LogP contribution in [0.4, 0.5) is 11.4 Å². The van der Waals surface area contributed by atoms with Crippen LogP contribution in [-0.4, -0.2) is 29.8 Å². The second-order valence-electron chi connectivity index (χ2n) is 6.71. The molecule has 0 bridgehead atoms. The fourth-order valence-electron chi connectivity index (χ4n) is 2.88. The Bertz CT molecular complexity index is 965. The Morgan fingerprint density at radius 3 is 2.62 bits per heavy atom. The summed E-state index contributed by atoms with van der Waals surface area (Å²) >= 11 is 0. The zero-order valence-electron chi connectivity index (χ0n) is 16.4. The number of carbonyl (C=O) groups is 2. The predicted molar refractivity (Wildman–Crippen MR) is 115 cm³/mol. The van der Waals surface area contributed by atoms with E-state index in [-0.39, 0.29) is 30.2 Å². The first-order valence-corrected chi connectivity index (χ1v) is 9.39. The highest BCUT2D eigenvalue weighted by atomic mass is 16.2. The van der Waals surface area contributed by atoms with E-state index >= 15 is 0 Å². The highest BCUT2D eigenvalue weighted by molar-refractivity contribution is 6.11. The molecule has 0 radical (unpaired) electrons. The third-order valence-electron chi connectivity index (χ3n) is 4.42. The average molecular weight is 392 g/mol. The van der Waals surface area contributed by atoms with E-state index in [1.54, 1.807) is 0 Å². The zero-order chi connectivity index (χ0) is 20.8. The maximum absolute atomic E-state index is 12.3. The Hall–Kier alpha value is -3.68. The van der Waals surface area contributed by atoms with Crippen molar-refractivity contribution >= 4 is 35.1 Å². The van der Waals surface area contributed by atoms with Gasteiger partial charge in [0.05, 0.1) is 6.42 Å². The minimum absolute atomic E-state index is 0.0752. The first kappa shape index (κ1) is 20.1. The van der Waals surface area contributed by atoms with Crippen molar-refractivity contribution in [2.45, 2.75) is 32.7 Å². The molecular weight excluding hydrogens is 368 g/mol. The van der Waals surface area contributed by atoms with Gasteiger partial charge in [-0.3, -0.25) is 14.9 Å². The lowest BCUT2D eigenvalue weighted by molar-refractivity contribution is -0.123. The fraction of sp³-hybridized carbons (Fsp3) is 0.238. The Morgan fingerprint density at radius 2 is 1.90 bits per heavy atom. The molecule has 2 amide bonds. The van der Waals surface area contributed by atoms with Crippen molar-refractivity contribution < 1.29 is 9.59 Å². The number of carbonyl (C=O) groups excluding carboxylic acids is 2. The molecule has 150 valence electrons. The van der Waals surface area contributed by atoms with Crippen molar-refractivity contribution in [3.8, 4) is 0 Å². The molecule has 2 aromatic rings. The summed E-state index contributed by atoms with van der Waals surface area (Å²) in [5.41, 5.74) is 9.55. The molecule has 0 saturated carbocycles. The minimum atomic E-state index is -0.838. The molecule has 1 aliphatic heterocycles. The van der Waals surface area contributed by atoms with Crippen LogP contribution in [0.5, 0.6) is 0 Å². The van der Waals surface area contributed by atoms with Crippen molar-refractivity contribution in [1.82, 2.24) is 5.32 Å². The molecule has 29 heavy (non-hydrogen) atoms. The topological polar surface area (TPSA) is 121 Å². The Labute approximate surface area is 169 Å². The van der Waals surface area contributed by atoms with Crippen LogP contribution in [0.25, 0.3) is 0 Å². The van der Waals surface area contributed by atoms with Gasteiger partial charge in [0.15, 0.2) is 0 Å². The number of aliphatic imine (C=N–C) groups is 2. The van der Waals surface area contributed by atoms with Gasteiger partial charge in [-0.25, -0.2) is 4.99 Å². The zero-order valence-corrected chi connectivity index (χ0v) is 16.4. The SMILES string of the molecule is CCc1ccccc1NC(=O)C[C@@H]1N=C(N=C(N)Nc2ccc(C)cc2)NC1=O. The Morgan fingerprint density at radius 1 is 1.17 bits per heavy atom. The van der Waals surface area contributed by atoms with Crippen LogP contribution in [0.3, 0.4) is 0 Å². The smallest absolute Gasteiger partial charge is 0.252 e. The van der Waals surface area contributed by atoms with Crippen LogP contribution in [0, 0.1) is 6.92 Å². The minimum Gasteiger partial charge on any atom is -0.369 e. The molecule has 1 atom stereocenters. The van der Waals surface area contributed by atoms with Crippen LogP contribution < -0.4 is 21.7 Å². The number of guanidine groups is 2. The number of anilines is 2. The molecule has 5 N–H and O–H groups in total. The summed E-state index contributed by atoms with van der Waals surface area (Å²) in [5.74, 6) is -0.495. The van der Waals surface area contributed by atoms with E-state index in [1.807, 2.05) is 62.4 Å². The predicted octanol–water partition coefficient (Wildman–Crippen LogP) is 2.17. The molecule has 8 heteroatoms. The number of amides is 2. The highest BCUT2D eigenvalue weighted by Gasteiger charge is 2.28. The number of nitrogens with two attached hydrogens (primary N) is 1. The fourth-order valence-corrected chi connectivity index (χ4v) is 2.88. The van der Waals surface area contributed by atoms with E-state index in [0.717, 1.165) is 28.9 Å². The van der Waals surface area contributed by atoms with Gasteiger partial charge in [0.1, 0.15) is 6.04 Å². The largest absolute Gasteiger partial charge is 0.369 e. The number of hydrogen-bond donors (Lipinski definition) is 4. The van der Waals surface area contributed by atoms with E-state index in [2.05, 4.69) is 25.9 Å². The molecule has 0 fully saturated rings. The van der Waals surface area contributed by atoms with E-state index in [4.69, 9.17) is 5.73 Å². The third kappa shape index (κ3) is 5.41. The van der Waals surface area contributed by atoms with Gasteiger partial charge in [-0.2, -0.15) is 4.99 Å². The van der Waals surface area contributed by atoms with E-state index in [1.165, 1.54) is 0 Å². The van der Waals surface area contributed by atoms with Gasteiger partial charge in [-0.1, -0.05) is 42.8 Å². The van der Waals surface area contributed by atoms with Gasteiger partial charge in [0.25, 0.3) is 5.91 Å². The van der Waals surface area contributed by atoms with Gasteiger partial charge < -0.3 is 16.4 Å². The van der Waals surface area contributed by atoms with Crippen LogP contribution in [0.15, 0.2) is 58.5 Å². The lowest BCUT2D eigenvalue weighted by Gasteiger charge is -2.10. The lowest BCUT2D eigenvalue weighted by Crippen LogP contribution is -2.32. The molecule has 3 rings (SSSR count). The molecule has 0 spiro atoms. The van der Waals surface area contributed by atoms with Crippen molar-refractivity contribution in [1.29, 1.82) is 0 Å². The number of benzene rings is 2. The monoisotopic (exact) mass is 392 g/mol. The van der Waals surface area contributed by atoms with Gasteiger partial charge >= 0.3 is 0 Å². The molecule has 0 unspecified atom stereocenters. The summed E-state index contributed by atoms with van der Waals surface area (Å²) < 4.78 is 0. The maximum Gasteiger partial charge on any atom is 0.252 e. The third-order valence-corrected chi connectivity index (χ3v) is 4.42. The molecule has 2 aromatic carbocycles. The second-order valence-corrected chi connectivity index (χ2v) is 6.71. The van der Waals surface area contributed by atoms with E-state index in [9.17, 15) is 9.59 Å². The summed E-state index contributed by atoms with van der Waals surface area (Å²) in [7, 11) is 0. The van der Waals surface area contributed by atoms with E-state index < -0.39 is 6.04 Å². The average Bonchev–Trinajstić information content (AvgIpc) is 3.02. The van der Waals surface area contributed by atoms with Crippen molar-refractivity contribution in [2.75, 3.05) is 10.6 Å². The van der Waals surface area contributed by atoms with Crippen LogP contribution in [0.1, 0.15) is 24.5 Å². The van der Waals surface area contributed by atoms with Gasteiger partial charge in [-0.15, -0.1) is 0 Å². The van der Waals surface area contributed by atoms with E-state index in [0.29, 0.717) is 0 Å². The number of nitrogens with one attached hydrogen (secondary N) is 3. The number of nitrogens with zero attached hydrogens (tertiary/aromatic N) is 2. The summed E-state index contributed by atoms with van der Waals surface area (Å²) in [6.45, 7) is 4.00. The Kier molecular flexibility index (Phi) is 6.23. The molecule has 1 aliphatic rings. The normalized spacial score (nSPS) is 16.2. The summed E-state index contributed by atoms with van der Waals surface area (Å²) in [5, 5.41) is 8.31. The van der Waals surface area contributed by atoms with Gasteiger partial charge in [0.2, 0.25) is 17.8 Å². The highest BCUT2D eigenvalue weighted by Crippen LogP contribution is 2.17. The first-order valence-electron chi connectivity index (χ1n) is 9.39. The lowest BCUT2D eigenvalue weighted by atomic mass is 10.1. The molecule has 0 aromatic heterocycles. The standard InChI is InChI=1S/C21H24N6O2/c1-3-14-6-4-5-7-16(14)24-18(28)12-17-19(29)26-21(25-17)27-20(22)23-15-10-8-13(2)9-11-15/h4-11,17H,3,12H2,1-2H3,(H,24,28)(H4,22,23,25,26,27,29)/t17-/m0/s1. The van der Waals surface area contributed by atoms with Crippen molar-refractivity contribution in [3.05, 3.63) is 59.7 Å². The molecule has 0 saturated heterocycles. The van der Waals surface area contributed by atoms with Crippen LogP contribution in [-0.2, 0) is 16.0 Å². The van der Waals surface area contributed by atoms with Gasteiger partial charge in [0, 0.05) is 11.4 Å². The number of hydrogen-bond acceptors (Lipinski definition) is 4. The molecule has 1 heterocycles. The van der Waals surface area contributed by atoms with Crippen LogP contribution >= 0.6 is 0 Å². The number of rotatable bonds is 5. The van der Waals surface area contributed by atoms with Crippen molar-refractivity contribution in [2.24, 2.45) is 15.7 Å². The Balaban J connectivity index is 1.61. The maximum atomic E-state index is 12.3. The van der Waals surface area contributed by atoms with Crippen LogP contribution in [0.2, 0.25) is 0 Å². The second kappa shape index (κ2) is 9.01. The van der Waals surface area contributed by atoms with Crippen molar-refractivity contribution in [3.63, 3.8) is 0 Å². The van der Waals surface area contributed by atoms with Gasteiger partial charge in [-0.05, 0) is 37.1 Å². The molecule has 0 aliphatic carbocycles. The summed E-state index contributed by atoms with van der Waals surface area (Å²) in [6, 6.07) is 14.3. The molecule has 8 nitrogen and oxygen atoms in total. The molecular formula is C21H24N6O2.